The molecule has 1 aliphatic rings. The molecule has 0 atom stereocenters. The molecule has 0 saturated heterocycles. The van der Waals surface area contributed by atoms with E-state index in [0.717, 1.165) is 33.8 Å². The lowest BCUT2D eigenvalue weighted by Gasteiger charge is -2.29. The Labute approximate surface area is 136 Å². The maximum Gasteiger partial charge on any atom is 0.244 e. The van der Waals surface area contributed by atoms with Gasteiger partial charge in [-0.05, 0) is 69.3 Å². The molecule has 1 aliphatic carbocycles. The second-order valence-electron chi connectivity index (χ2n) is 5.31. The van der Waals surface area contributed by atoms with Crippen LogP contribution in [0.1, 0.15) is 37.7 Å². The van der Waals surface area contributed by atoms with E-state index in [2.05, 4.69) is 43.2 Å². The van der Waals surface area contributed by atoms with E-state index in [9.17, 15) is 10.1 Å². The van der Waals surface area contributed by atoms with Gasteiger partial charge in [-0.1, -0.05) is 19.3 Å². The zero-order valence-electron chi connectivity index (χ0n) is 11.3. The van der Waals surface area contributed by atoms with Crippen molar-refractivity contribution in [1.82, 2.24) is 0 Å². The number of rotatable bonds is 2. The Morgan fingerprint density at radius 2 is 1.80 bits per heavy atom. The summed E-state index contributed by atoms with van der Waals surface area (Å²) in [6.07, 6.45) is 4.29. The van der Waals surface area contributed by atoms with Crippen LogP contribution in [0.4, 0.5) is 5.69 Å². The third-order valence-corrected chi connectivity index (χ3v) is 5.03. The highest BCUT2D eigenvalue weighted by Crippen LogP contribution is 2.39. The van der Waals surface area contributed by atoms with Gasteiger partial charge in [0.1, 0.15) is 5.41 Å². The van der Waals surface area contributed by atoms with E-state index in [1.807, 2.05) is 19.1 Å². The van der Waals surface area contributed by atoms with Crippen molar-refractivity contribution in [2.24, 2.45) is 5.41 Å². The van der Waals surface area contributed by atoms with Gasteiger partial charge in [-0.2, -0.15) is 5.26 Å². The van der Waals surface area contributed by atoms with E-state index < -0.39 is 5.41 Å². The Balaban J connectivity index is 2.26. The zero-order chi connectivity index (χ0) is 14.8. The molecule has 20 heavy (non-hydrogen) atoms. The van der Waals surface area contributed by atoms with Gasteiger partial charge in [0.05, 0.1) is 11.8 Å². The number of hydrogen-bond acceptors (Lipinski definition) is 2. The summed E-state index contributed by atoms with van der Waals surface area (Å²) in [5.74, 6) is -0.190. The first-order valence-electron chi connectivity index (χ1n) is 6.67. The molecule has 3 nitrogen and oxygen atoms in total. The van der Waals surface area contributed by atoms with Crippen LogP contribution in [0.25, 0.3) is 0 Å². The van der Waals surface area contributed by atoms with E-state index in [-0.39, 0.29) is 5.91 Å². The Bertz CT molecular complexity index is 549. The Morgan fingerprint density at radius 1 is 1.25 bits per heavy atom. The molecule has 0 aromatic heterocycles. The number of amides is 1. The number of nitrogens with one attached hydrogen (secondary N) is 1. The van der Waals surface area contributed by atoms with Crippen molar-refractivity contribution in [3.63, 3.8) is 0 Å². The van der Waals surface area contributed by atoms with E-state index in [1.54, 1.807) is 0 Å². The molecule has 0 heterocycles. The second kappa shape index (κ2) is 6.28. The molecule has 0 bridgehead atoms. The van der Waals surface area contributed by atoms with Crippen molar-refractivity contribution >= 4 is 43.5 Å². The predicted octanol–water partition coefficient (Wildman–Crippen LogP) is 4.93. The van der Waals surface area contributed by atoms with Crippen LogP contribution in [-0.4, -0.2) is 5.91 Å². The maximum atomic E-state index is 12.5. The number of nitriles is 1. The summed E-state index contributed by atoms with van der Waals surface area (Å²) in [5.41, 5.74) is 0.914. The van der Waals surface area contributed by atoms with Crippen LogP contribution in [0, 0.1) is 23.7 Å². The highest BCUT2D eigenvalue weighted by molar-refractivity contribution is 9.11. The first-order chi connectivity index (χ1) is 9.48. The quantitative estimate of drug-likeness (QED) is 0.766. The number of carbonyl (C=O) groups excluding carboxylic acids is 1. The van der Waals surface area contributed by atoms with Crippen LogP contribution < -0.4 is 5.32 Å². The van der Waals surface area contributed by atoms with E-state index >= 15 is 0 Å². The van der Waals surface area contributed by atoms with Gasteiger partial charge in [-0.15, -0.1) is 0 Å². The molecule has 1 N–H and O–H groups in total. The summed E-state index contributed by atoms with van der Waals surface area (Å²) in [4.78, 5) is 12.5. The number of hydrogen-bond donors (Lipinski definition) is 1. The van der Waals surface area contributed by atoms with Crippen LogP contribution in [0.3, 0.4) is 0 Å². The monoisotopic (exact) mass is 398 g/mol. The summed E-state index contributed by atoms with van der Waals surface area (Å²) < 4.78 is 1.64. The normalized spacial score (nSPS) is 17.3. The summed E-state index contributed by atoms with van der Waals surface area (Å²) in [6, 6.07) is 6.13. The van der Waals surface area contributed by atoms with Crippen LogP contribution in [0.15, 0.2) is 21.1 Å². The Morgan fingerprint density at radius 3 is 2.30 bits per heavy atom. The smallest absolute Gasteiger partial charge is 0.244 e. The minimum Gasteiger partial charge on any atom is -0.323 e. The number of nitrogens with zero attached hydrogens (tertiary/aromatic N) is 1. The van der Waals surface area contributed by atoms with Crippen molar-refractivity contribution in [1.29, 1.82) is 5.26 Å². The molecular formula is C15H16Br2N2O. The van der Waals surface area contributed by atoms with Crippen LogP contribution in [-0.2, 0) is 4.79 Å². The molecule has 0 spiro atoms. The average molecular weight is 400 g/mol. The lowest BCUT2D eigenvalue weighted by Crippen LogP contribution is -2.37. The van der Waals surface area contributed by atoms with E-state index in [1.165, 1.54) is 0 Å². The fraction of sp³-hybridized carbons (Fsp3) is 0.467. The lowest BCUT2D eigenvalue weighted by atomic mass is 9.74. The summed E-state index contributed by atoms with van der Waals surface area (Å²) in [5, 5.41) is 12.4. The molecular weight excluding hydrogens is 384 g/mol. The van der Waals surface area contributed by atoms with Gasteiger partial charge in [-0.25, -0.2) is 0 Å². The summed E-state index contributed by atoms with van der Waals surface area (Å²) in [7, 11) is 0. The highest BCUT2D eigenvalue weighted by atomic mass is 79.9. The molecule has 1 aromatic carbocycles. The molecule has 5 heteroatoms. The van der Waals surface area contributed by atoms with Crippen molar-refractivity contribution < 1.29 is 4.79 Å². The molecule has 0 radical (unpaired) electrons. The third kappa shape index (κ3) is 3.07. The molecule has 0 aliphatic heterocycles. The summed E-state index contributed by atoms with van der Waals surface area (Å²) in [6.45, 7) is 1.99. The van der Waals surface area contributed by atoms with Gasteiger partial charge in [0.25, 0.3) is 0 Å². The number of halogens is 2. The van der Waals surface area contributed by atoms with Gasteiger partial charge < -0.3 is 5.32 Å². The Kier molecular flexibility index (Phi) is 4.87. The third-order valence-electron chi connectivity index (χ3n) is 3.78. The fourth-order valence-corrected chi connectivity index (χ4v) is 4.21. The first-order valence-corrected chi connectivity index (χ1v) is 8.25. The molecule has 106 valence electrons. The fourth-order valence-electron chi connectivity index (χ4n) is 2.60. The lowest BCUT2D eigenvalue weighted by molar-refractivity contribution is -0.124. The molecule has 1 amide bonds. The van der Waals surface area contributed by atoms with E-state index in [0.29, 0.717) is 18.5 Å². The number of anilines is 1. The van der Waals surface area contributed by atoms with Gasteiger partial charge in [0.2, 0.25) is 5.91 Å². The van der Waals surface area contributed by atoms with Crippen molar-refractivity contribution in [2.45, 2.75) is 39.0 Å². The average Bonchev–Trinajstić information content (AvgIpc) is 2.43. The van der Waals surface area contributed by atoms with Crippen LogP contribution >= 0.6 is 31.9 Å². The maximum absolute atomic E-state index is 12.5. The molecule has 1 saturated carbocycles. The van der Waals surface area contributed by atoms with Crippen molar-refractivity contribution in [3.05, 3.63) is 26.6 Å². The van der Waals surface area contributed by atoms with E-state index in [4.69, 9.17) is 0 Å². The number of carbonyl (C=O) groups is 1. The zero-order valence-corrected chi connectivity index (χ0v) is 14.5. The SMILES string of the molecule is Cc1cc(Br)c(NC(=O)C2(C#N)CCCCC2)c(Br)c1. The van der Waals surface area contributed by atoms with Gasteiger partial charge in [-0.3, -0.25) is 4.79 Å². The topological polar surface area (TPSA) is 52.9 Å². The van der Waals surface area contributed by atoms with Crippen molar-refractivity contribution in [3.8, 4) is 6.07 Å². The van der Waals surface area contributed by atoms with Crippen LogP contribution in [0.5, 0.6) is 0 Å². The predicted molar refractivity (Wildman–Crippen MR) is 86.3 cm³/mol. The molecule has 0 unspecified atom stereocenters. The number of benzene rings is 1. The molecule has 1 fully saturated rings. The minimum absolute atomic E-state index is 0.190. The minimum atomic E-state index is -0.873. The van der Waals surface area contributed by atoms with Crippen molar-refractivity contribution in [2.75, 3.05) is 5.32 Å². The standard InChI is InChI=1S/C15H16Br2N2O/c1-10-7-11(16)13(12(17)8-10)19-14(20)15(9-18)5-3-2-4-6-15/h7-8H,2-6H2,1H3,(H,19,20). The van der Waals surface area contributed by atoms with Crippen LogP contribution in [0.2, 0.25) is 0 Å². The van der Waals surface area contributed by atoms with Gasteiger partial charge in [0.15, 0.2) is 0 Å². The molecule has 1 aromatic rings. The first kappa shape index (κ1) is 15.5. The van der Waals surface area contributed by atoms with Gasteiger partial charge in [0, 0.05) is 8.95 Å². The van der Waals surface area contributed by atoms with Gasteiger partial charge >= 0.3 is 0 Å². The number of aryl methyl sites for hydroxylation is 1. The highest BCUT2D eigenvalue weighted by Gasteiger charge is 2.40. The molecule has 2 rings (SSSR count). The largest absolute Gasteiger partial charge is 0.323 e. The Hall–Kier alpha value is -0.860. The summed E-state index contributed by atoms with van der Waals surface area (Å²) >= 11 is 6.92. The second-order valence-corrected chi connectivity index (χ2v) is 7.02.